The number of nitrogens with zero attached hydrogens (tertiary/aromatic N) is 1. The van der Waals surface area contributed by atoms with Gasteiger partial charge in [0.05, 0.1) is 6.20 Å². The van der Waals surface area contributed by atoms with E-state index in [1.165, 1.54) is 25.7 Å². The lowest BCUT2D eigenvalue weighted by Gasteiger charge is -2.11. The second-order valence-electron chi connectivity index (χ2n) is 3.81. The maximum Gasteiger partial charge on any atom is 0.128 e. The largest absolute Gasteiger partial charge is 0.364 e. The van der Waals surface area contributed by atoms with Crippen molar-refractivity contribution in [2.75, 3.05) is 0 Å². The van der Waals surface area contributed by atoms with Crippen LogP contribution in [0.3, 0.4) is 0 Å². The van der Waals surface area contributed by atoms with E-state index in [0.29, 0.717) is 6.04 Å². The molecular formula is C11H20N2O. The van der Waals surface area contributed by atoms with Crippen LogP contribution in [0.4, 0.5) is 0 Å². The van der Waals surface area contributed by atoms with Crippen LogP contribution < -0.4 is 5.32 Å². The molecule has 1 unspecified atom stereocenters. The van der Waals surface area contributed by atoms with Gasteiger partial charge in [0.2, 0.25) is 0 Å². The molecule has 1 N–H and O–H groups in total. The summed E-state index contributed by atoms with van der Waals surface area (Å²) in [6, 6.07) is 0.580. The number of nitrogens with one attached hydrogen (secondary N) is 1. The first-order chi connectivity index (χ1) is 6.83. The van der Waals surface area contributed by atoms with Gasteiger partial charge < -0.3 is 9.84 Å². The lowest BCUT2D eigenvalue weighted by Crippen LogP contribution is -2.25. The minimum Gasteiger partial charge on any atom is -0.364 e. The van der Waals surface area contributed by atoms with Gasteiger partial charge in [0.1, 0.15) is 6.26 Å². The Balaban J connectivity index is 2.06. The topological polar surface area (TPSA) is 38.1 Å². The van der Waals surface area contributed by atoms with Crippen LogP contribution in [0.15, 0.2) is 17.0 Å². The SMILES string of the molecule is CCCCCC(C)NCc1cnoc1. The fourth-order valence-corrected chi connectivity index (χ4v) is 1.41. The van der Waals surface area contributed by atoms with Crippen LogP contribution in [-0.2, 0) is 6.54 Å². The van der Waals surface area contributed by atoms with E-state index in [2.05, 4.69) is 24.3 Å². The summed E-state index contributed by atoms with van der Waals surface area (Å²) < 4.78 is 4.76. The van der Waals surface area contributed by atoms with Gasteiger partial charge in [-0.15, -0.1) is 0 Å². The third-order valence-corrected chi connectivity index (χ3v) is 2.38. The fourth-order valence-electron chi connectivity index (χ4n) is 1.41. The van der Waals surface area contributed by atoms with E-state index >= 15 is 0 Å². The van der Waals surface area contributed by atoms with Gasteiger partial charge in [-0.05, 0) is 13.3 Å². The Morgan fingerprint density at radius 1 is 1.50 bits per heavy atom. The Labute approximate surface area is 85.9 Å². The third-order valence-electron chi connectivity index (χ3n) is 2.38. The van der Waals surface area contributed by atoms with Gasteiger partial charge in [-0.1, -0.05) is 31.3 Å². The molecule has 0 aliphatic heterocycles. The van der Waals surface area contributed by atoms with E-state index in [4.69, 9.17) is 4.52 Å². The van der Waals surface area contributed by atoms with Gasteiger partial charge in [-0.2, -0.15) is 0 Å². The average molecular weight is 196 g/mol. The number of aromatic nitrogens is 1. The van der Waals surface area contributed by atoms with E-state index in [9.17, 15) is 0 Å². The zero-order valence-electron chi connectivity index (χ0n) is 9.12. The van der Waals surface area contributed by atoms with Crippen molar-refractivity contribution < 1.29 is 4.52 Å². The van der Waals surface area contributed by atoms with E-state index in [1.54, 1.807) is 12.5 Å². The van der Waals surface area contributed by atoms with Crippen molar-refractivity contribution in [3.63, 3.8) is 0 Å². The first-order valence-corrected chi connectivity index (χ1v) is 5.44. The molecule has 1 heterocycles. The van der Waals surface area contributed by atoms with E-state index < -0.39 is 0 Å². The second kappa shape index (κ2) is 6.60. The summed E-state index contributed by atoms with van der Waals surface area (Å²) >= 11 is 0. The molecule has 1 aromatic rings. The smallest absolute Gasteiger partial charge is 0.128 e. The van der Waals surface area contributed by atoms with Gasteiger partial charge in [0.15, 0.2) is 0 Å². The van der Waals surface area contributed by atoms with Gasteiger partial charge in [0, 0.05) is 18.2 Å². The molecule has 0 spiro atoms. The Morgan fingerprint density at radius 2 is 2.36 bits per heavy atom. The van der Waals surface area contributed by atoms with Crippen LogP contribution in [0, 0.1) is 0 Å². The molecule has 0 bridgehead atoms. The highest BCUT2D eigenvalue weighted by Crippen LogP contribution is 2.04. The standard InChI is InChI=1S/C11H20N2O/c1-3-4-5-6-10(2)12-7-11-8-13-14-9-11/h8-10,12H,3-7H2,1-2H3. The second-order valence-corrected chi connectivity index (χ2v) is 3.81. The molecule has 1 rings (SSSR count). The summed E-state index contributed by atoms with van der Waals surface area (Å²) in [5, 5.41) is 7.10. The lowest BCUT2D eigenvalue weighted by molar-refractivity contribution is 0.417. The maximum atomic E-state index is 4.76. The van der Waals surface area contributed by atoms with Crippen LogP contribution in [0.5, 0.6) is 0 Å². The highest BCUT2D eigenvalue weighted by molar-refractivity contribution is 4.99. The highest BCUT2D eigenvalue weighted by Gasteiger charge is 2.01. The quantitative estimate of drug-likeness (QED) is 0.681. The number of hydrogen-bond donors (Lipinski definition) is 1. The number of hydrogen-bond acceptors (Lipinski definition) is 3. The molecule has 0 aliphatic carbocycles. The Bertz CT molecular complexity index is 221. The van der Waals surface area contributed by atoms with Gasteiger partial charge in [0.25, 0.3) is 0 Å². The molecule has 0 amide bonds. The predicted octanol–water partition coefficient (Wildman–Crippen LogP) is 2.73. The maximum absolute atomic E-state index is 4.76. The average Bonchev–Trinajstić information content (AvgIpc) is 2.68. The molecule has 0 aliphatic rings. The summed E-state index contributed by atoms with van der Waals surface area (Å²) in [6.07, 6.45) is 8.63. The Kier molecular flexibility index (Phi) is 5.30. The predicted molar refractivity (Wildman–Crippen MR) is 56.9 cm³/mol. The third kappa shape index (κ3) is 4.42. The van der Waals surface area contributed by atoms with Gasteiger partial charge >= 0.3 is 0 Å². The molecule has 1 atom stereocenters. The van der Waals surface area contributed by atoms with E-state index in [1.807, 2.05) is 0 Å². The minimum atomic E-state index is 0.580. The summed E-state index contributed by atoms with van der Waals surface area (Å²) in [7, 11) is 0. The molecule has 80 valence electrons. The van der Waals surface area contributed by atoms with Crippen molar-refractivity contribution in [3.05, 3.63) is 18.0 Å². The van der Waals surface area contributed by atoms with Crippen LogP contribution in [0.2, 0.25) is 0 Å². The molecule has 3 nitrogen and oxygen atoms in total. The zero-order chi connectivity index (χ0) is 10.2. The highest BCUT2D eigenvalue weighted by atomic mass is 16.5. The van der Waals surface area contributed by atoms with Gasteiger partial charge in [-0.25, -0.2) is 0 Å². The monoisotopic (exact) mass is 196 g/mol. The molecule has 0 saturated carbocycles. The molecule has 3 heteroatoms. The van der Waals surface area contributed by atoms with Crippen molar-refractivity contribution in [1.29, 1.82) is 0 Å². The summed E-state index contributed by atoms with van der Waals surface area (Å²) in [4.78, 5) is 0. The summed E-state index contributed by atoms with van der Waals surface area (Å²) in [5.41, 5.74) is 1.12. The molecule has 1 aromatic heterocycles. The van der Waals surface area contributed by atoms with E-state index in [-0.39, 0.29) is 0 Å². The Morgan fingerprint density at radius 3 is 3.00 bits per heavy atom. The molecule has 0 saturated heterocycles. The van der Waals surface area contributed by atoms with Crippen LogP contribution in [0.25, 0.3) is 0 Å². The minimum absolute atomic E-state index is 0.580. The van der Waals surface area contributed by atoms with E-state index in [0.717, 1.165) is 12.1 Å². The van der Waals surface area contributed by atoms with Crippen molar-refractivity contribution >= 4 is 0 Å². The molecule has 14 heavy (non-hydrogen) atoms. The van der Waals surface area contributed by atoms with Crippen molar-refractivity contribution in [2.45, 2.75) is 52.1 Å². The summed E-state index contributed by atoms with van der Waals surface area (Å²) in [6.45, 7) is 5.31. The van der Waals surface area contributed by atoms with Gasteiger partial charge in [-0.3, -0.25) is 0 Å². The van der Waals surface area contributed by atoms with Crippen molar-refractivity contribution in [2.24, 2.45) is 0 Å². The number of rotatable bonds is 7. The van der Waals surface area contributed by atoms with Crippen LogP contribution in [-0.4, -0.2) is 11.2 Å². The zero-order valence-corrected chi connectivity index (χ0v) is 9.12. The van der Waals surface area contributed by atoms with Crippen LogP contribution in [0.1, 0.15) is 45.1 Å². The van der Waals surface area contributed by atoms with Crippen molar-refractivity contribution in [3.8, 4) is 0 Å². The molecule has 0 aromatic carbocycles. The number of unbranched alkanes of at least 4 members (excludes halogenated alkanes) is 2. The van der Waals surface area contributed by atoms with Crippen LogP contribution >= 0.6 is 0 Å². The van der Waals surface area contributed by atoms with Crippen molar-refractivity contribution in [1.82, 2.24) is 10.5 Å². The first-order valence-electron chi connectivity index (χ1n) is 5.44. The normalized spacial score (nSPS) is 13.0. The first kappa shape index (κ1) is 11.2. The Hall–Kier alpha value is -0.830. The molecule has 0 radical (unpaired) electrons. The summed E-state index contributed by atoms with van der Waals surface area (Å²) in [5.74, 6) is 0. The molecular weight excluding hydrogens is 176 g/mol. The lowest BCUT2D eigenvalue weighted by atomic mass is 10.1. The fraction of sp³-hybridized carbons (Fsp3) is 0.727. The molecule has 0 fully saturated rings.